The summed E-state index contributed by atoms with van der Waals surface area (Å²) >= 11 is 1.32. The Balaban J connectivity index is 1.95. The standard InChI is InChI=1S/C10H16N4OS/c1-3-11-10-13-12-8(16-10)9(15)14(2)6-7-4-5-7/h7H,3-6H2,1-2H3,(H,11,13). The van der Waals surface area contributed by atoms with Gasteiger partial charge in [0, 0.05) is 20.1 Å². The number of anilines is 1. The molecule has 0 spiro atoms. The summed E-state index contributed by atoms with van der Waals surface area (Å²) in [5.74, 6) is 0.684. The second kappa shape index (κ2) is 4.78. The molecule has 2 rings (SSSR count). The lowest BCUT2D eigenvalue weighted by molar-refractivity contribution is 0.0787. The van der Waals surface area contributed by atoms with E-state index in [9.17, 15) is 4.79 Å². The first-order chi connectivity index (χ1) is 7.70. The Labute approximate surface area is 98.9 Å². The monoisotopic (exact) mass is 240 g/mol. The first kappa shape index (κ1) is 11.3. The number of hydrogen-bond donors (Lipinski definition) is 1. The summed E-state index contributed by atoms with van der Waals surface area (Å²) in [4.78, 5) is 13.7. The Hall–Kier alpha value is -1.17. The van der Waals surface area contributed by atoms with Crippen molar-refractivity contribution in [2.24, 2.45) is 5.92 Å². The average Bonchev–Trinajstić information content (AvgIpc) is 2.95. The van der Waals surface area contributed by atoms with E-state index in [2.05, 4.69) is 15.5 Å². The Kier molecular flexibility index (Phi) is 3.38. The van der Waals surface area contributed by atoms with E-state index >= 15 is 0 Å². The first-order valence-electron chi connectivity index (χ1n) is 5.53. The number of amides is 1. The predicted molar refractivity (Wildman–Crippen MR) is 63.8 cm³/mol. The molecule has 0 unspecified atom stereocenters. The van der Waals surface area contributed by atoms with Crippen LogP contribution in [0.3, 0.4) is 0 Å². The molecule has 1 saturated carbocycles. The molecule has 0 aliphatic heterocycles. The van der Waals surface area contributed by atoms with E-state index in [0.717, 1.165) is 13.1 Å². The fourth-order valence-electron chi connectivity index (χ4n) is 1.47. The van der Waals surface area contributed by atoms with Crippen LogP contribution in [-0.2, 0) is 0 Å². The topological polar surface area (TPSA) is 58.1 Å². The van der Waals surface area contributed by atoms with Gasteiger partial charge in [-0.3, -0.25) is 4.79 Å². The molecular formula is C10H16N4OS. The van der Waals surface area contributed by atoms with Gasteiger partial charge in [0.1, 0.15) is 0 Å². The number of hydrogen-bond acceptors (Lipinski definition) is 5. The lowest BCUT2D eigenvalue weighted by Crippen LogP contribution is -2.28. The second-order valence-electron chi connectivity index (χ2n) is 4.07. The molecule has 0 bridgehead atoms. The van der Waals surface area contributed by atoms with E-state index in [-0.39, 0.29) is 5.91 Å². The van der Waals surface area contributed by atoms with Gasteiger partial charge in [0.25, 0.3) is 5.91 Å². The molecule has 1 aromatic heterocycles. The van der Waals surface area contributed by atoms with Gasteiger partial charge in [0.2, 0.25) is 10.1 Å². The molecule has 0 atom stereocenters. The fraction of sp³-hybridized carbons (Fsp3) is 0.700. The first-order valence-corrected chi connectivity index (χ1v) is 6.35. The molecule has 0 saturated heterocycles. The van der Waals surface area contributed by atoms with Crippen LogP contribution in [0.15, 0.2) is 0 Å². The molecule has 88 valence electrons. The van der Waals surface area contributed by atoms with Crippen molar-refractivity contribution in [1.29, 1.82) is 0 Å². The molecule has 1 aliphatic rings. The smallest absolute Gasteiger partial charge is 0.284 e. The van der Waals surface area contributed by atoms with Crippen molar-refractivity contribution < 1.29 is 4.79 Å². The van der Waals surface area contributed by atoms with Crippen LogP contribution >= 0.6 is 11.3 Å². The molecule has 5 nitrogen and oxygen atoms in total. The van der Waals surface area contributed by atoms with Crippen LogP contribution in [0, 0.1) is 5.92 Å². The zero-order chi connectivity index (χ0) is 11.5. The van der Waals surface area contributed by atoms with Crippen molar-refractivity contribution in [2.75, 3.05) is 25.5 Å². The number of nitrogens with one attached hydrogen (secondary N) is 1. The third-order valence-electron chi connectivity index (χ3n) is 2.51. The van der Waals surface area contributed by atoms with Crippen LogP contribution in [0.5, 0.6) is 0 Å². The number of nitrogens with zero attached hydrogens (tertiary/aromatic N) is 3. The maximum atomic E-state index is 11.9. The zero-order valence-electron chi connectivity index (χ0n) is 9.56. The van der Waals surface area contributed by atoms with Gasteiger partial charge in [-0.15, -0.1) is 10.2 Å². The molecule has 1 heterocycles. The molecule has 6 heteroatoms. The third kappa shape index (κ3) is 2.69. The van der Waals surface area contributed by atoms with Crippen molar-refractivity contribution in [3.8, 4) is 0 Å². The molecule has 0 radical (unpaired) electrons. The van der Waals surface area contributed by atoms with E-state index in [4.69, 9.17) is 0 Å². The van der Waals surface area contributed by atoms with Gasteiger partial charge in [0.05, 0.1) is 0 Å². The molecular weight excluding hydrogens is 224 g/mol. The minimum Gasteiger partial charge on any atom is -0.360 e. The van der Waals surface area contributed by atoms with Crippen molar-refractivity contribution in [3.05, 3.63) is 5.01 Å². The Morgan fingerprint density at radius 1 is 1.56 bits per heavy atom. The van der Waals surface area contributed by atoms with Crippen LogP contribution < -0.4 is 5.32 Å². The van der Waals surface area contributed by atoms with Crippen LogP contribution in [0.2, 0.25) is 0 Å². The normalized spacial score (nSPS) is 14.9. The van der Waals surface area contributed by atoms with Crippen LogP contribution in [0.1, 0.15) is 29.6 Å². The predicted octanol–water partition coefficient (Wildman–Crippen LogP) is 1.45. The highest BCUT2D eigenvalue weighted by Crippen LogP contribution is 2.29. The summed E-state index contributed by atoms with van der Waals surface area (Å²) in [6.07, 6.45) is 2.49. The largest absolute Gasteiger partial charge is 0.360 e. The van der Waals surface area contributed by atoms with Crippen molar-refractivity contribution in [2.45, 2.75) is 19.8 Å². The summed E-state index contributed by atoms with van der Waals surface area (Å²) in [6.45, 7) is 3.62. The van der Waals surface area contributed by atoms with Crippen molar-refractivity contribution in [3.63, 3.8) is 0 Å². The molecule has 1 aliphatic carbocycles. The summed E-state index contributed by atoms with van der Waals surface area (Å²) in [6, 6.07) is 0. The number of carbonyl (C=O) groups is 1. The lowest BCUT2D eigenvalue weighted by atomic mass is 10.4. The summed E-state index contributed by atoms with van der Waals surface area (Å²) in [5, 5.41) is 12.0. The Morgan fingerprint density at radius 3 is 2.94 bits per heavy atom. The zero-order valence-corrected chi connectivity index (χ0v) is 10.4. The van der Waals surface area contributed by atoms with Gasteiger partial charge in [-0.25, -0.2) is 0 Å². The van der Waals surface area contributed by atoms with E-state index < -0.39 is 0 Å². The lowest BCUT2D eigenvalue weighted by Gasteiger charge is -2.14. The van der Waals surface area contributed by atoms with E-state index in [1.807, 2.05) is 14.0 Å². The maximum Gasteiger partial charge on any atom is 0.284 e. The van der Waals surface area contributed by atoms with Crippen molar-refractivity contribution >= 4 is 22.4 Å². The van der Waals surface area contributed by atoms with Crippen LogP contribution in [-0.4, -0.2) is 41.1 Å². The summed E-state index contributed by atoms with van der Waals surface area (Å²) in [5.41, 5.74) is 0. The Morgan fingerprint density at radius 2 is 2.31 bits per heavy atom. The van der Waals surface area contributed by atoms with Crippen LogP contribution in [0.25, 0.3) is 0 Å². The summed E-state index contributed by atoms with van der Waals surface area (Å²) < 4.78 is 0. The van der Waals surface area contributed by atoms with E-state index in [0.29, 0.717) is 16.1 Å². The van der Waals surface area contributed by atoms with Gasteiger partial charge in [-0.2, -0.15) is 0 Å². The van der Waals surface area contributed by atoms with Gasteiger partial charge in [-0.1, -0.05) is 11.3 Å². The second-order valence-corrected chi connectivity index (χ2v) is 5.05. The molecule has 1 amide bonds. The molecule has 1 N–H and O–H groups in total. The molecule has 0 aromatic carbocycles. The highest BCUT2D eigenvalue weighted by molar-refractivity contribution is 7.17. The number of aromatic nitrogens is 2. The number of rotatable bonds is 5. The third-order valence-corrected chi connectivity index (χ3v) is 3.38. The van der Waals surface area contributed by atoms with Gasteiger partial charge >= 0.3 is 0 Å². The molecule has 1 aromatic rings. The quantitative estimate of drug-likeness (QED) is 0.846. The van der Waals surface area contributed by atoms with Crippen LogP contribution in [0.4, 0.5) is 5.13 Å². The highest BCUT2D eigenvalue weighted by atomic mass is 32.1. The molecule has 1 fully saturated rings. The maximum absolute atomic E-state index is 11.9. The van der Waals surface area contributed by atoms with Gasteiger partial charge < -0.3 is 10.2 Å². The minimum absolute atomic E-state index is 0.0199. The summed E-state index contributed by atoms with van der Waals surface area (Å²) in [7, 11) is 1.83. The van der Waals surface area contributed by atoms with Gasteiger partial charge in [0.15, 0.2) is 0 Å². The van der Waals surface area contributed by atoms with E-state index in [1.165, 1.54) is 24.2 Å². The average molecular weight is 240 g/mol. The van der Waals surface area contributed by atoms with Crippen molar-refractivity contribution in [1.82, 2.24) is 15.1 Å². The SMILES string of the molecule is CCNc1nnc(C(=O)N(C)CC2CC2)s1. The number of carbonyl (C=O) groups excluding carboxylic acids is 1. The van der Waals surface area contributed by atoms with Gasteiger partial charge in [-0.05, 0) is 25.7 Å². The molecule has 16 heavy (non-hydrogen) atoms. The van der Waals surface area contributed by atoms with E-state index in [1.54, 1.807) is 4.90 Å². The fourth-order valence-corrected chi connectivity index (χ4v) is 2.27. The Bertz CT molecular complexity index is 375. The minimum atomic E-state index is -0.0199. The highest BCUT2D eigenvalue weighted by Gasteiger charge is 2.26.